The fourth-order valence-electron chi connectivity index (χ4n) is 2.99. The number of benzene rings is 1. The smallest absolute Gasteiger partial charge is 0.309 e. The molecule has 2 N–H and O–H groups in total. The highest BCUT2D eigenvalue weighted by Crippen LogP contribution is 2.33. The first-order valence-electron chi connectivity index (χ1n) is 8.70. The van der Waals surface area contributed by atoms with Crippen LogP contribution in [0.15, 0.2) is 40.7 Å². The van der Waals surface area contributed by atoms with Gasteiger partial charge in [-0.25, -0.2) is 13.4 Å². The van der Waals surface area contributed by atoms with Gasteiger partial charge in [0.15, 0.2) is 5.13 Å². The van der Waals surface area contributed by atoms with Gasteiger partial charge in [0.2, 0.25) is 5.91 Å². The molecule has 0 spiro atoms. The van der Waals surface area contributed by atoms with Crippen molar-refractivity contribution in [2.75, 3.05) is 10.0 Å². The number of nitrogens with one attached hydrogen (secondary N) is 2. The van der Waals surface area contributed by atoms with Gasteiger partial charge in [0.05, 0.1) is 10.8 Å². The van der Waals surface area contributed by atoms with E-state index < -0.39 is 15.6 Å². The molecule has 0 bridgehead atoms. The number of anilines is 2. The van der Waals surface area contributed by atoms with Crippen molar-refractivity contribution in [3.63, 3.8) is 0 Å². The fraction of sp³-hybridized carbons (Fsp3) is 0.389. The predicted octanol–water partition coefficient (Wildman–Crippen LogP) is 3.00. The summed E-state index contributed by atoms with van der Waals surface area (Å²) in [7, 11) is -3.73. The molecule has 8 nitrogen and oxygen atoms in total. The molecule has 1 aromatic heterocycles. The molecule has 1 aliphatic rings. The van der Waals surface area contributed by atoms with Crippen molar-refractivity contribution in [1.29, 1.82) is 0 Å². The third-order valence-electron chi connectivity index (χ3n) is 4.27. The number of aromatic nitrogens is 1. The van der Waals surface area contributed by atoms with Crippen LogP contribution in [-0.4, -0.2) is 30.9 Å². The molecule has 0 unspecified atom stereocenters. The van der Waals surface area contributed by atoms with Gasteiger partial charge < -0.3 is 10.1 Å². The molecule has 0 aliphatic carbocycles. The van der Waals surface area contributed by atoms with Crippen molar-refractivity contribution in [2.24, 2.45) is 5.92 Å². The van der Waals surface area contributed by atoms with Gasteiger partial charge in [-0.05, 0) is 51.0 Å². The van der Waals surface area contributed by atoms with Gasteiger partial charge in [0.25, 0.3) is 10.0 Å². The number of carbonyl (C=O) groups excluding carboxylic acids is 2. The average molecular weight is 424 g/mol. The summed E-state index contributed by atoms with van der Waals surface area (Å²) in [6.07, 6.45) is 2.70. The highest BCUT2D eigenvalue weighted by atomic mass is 32.2. The maximum atomic E-state index is 12.3. The number of cyclic esters (lactones) is 1. The number of sulfonamides is 1. The first-order chi connectivity index (χ1) is 13.1. The monoisotopic (exact) mass is 423 g/mol. The van der Waals surface area contributed by atoms with Gasteiger partial charge in [-0.3, -0.25) is 14.3 Å². The minimum atomic E-state index is -3.73. The van der Waals surface area contributed by atoms with Crippen LogP contribution in [0.3, 0.4) is 0 Å². The number of nitrogens with zero attached hydrogens (tertiary/aromatic N) is 1. The number of hydrogen-bond acceptors (Lipinski definition) is 7. The minimum Gasteiger partial charge on any atom is -0.459 e. The number of ether oxygens (including phenoxy) is 1. The molecule has 1 atom stereocenters. The molecule has 2 aromatic rings. The number of esters is 1. The van der Waals surface area contributed by atoms with E-state index in [0.717, 1.165) is 0 Å². The van der Waals surface area contributed by atoms with Crippen LogP contribution in [0, 0.1) is 5.92 Å². The largest absolute Gasteiger partial charge is 0.459 e. The Morgan fingerprint density at radius 1 is 1.32 bits per heavy atom. The molecule has 10 heteroatoms. The Morgan fingerprint density at radius 2 is 2.04 bits per heavy atom. The highest BCUT2D eigenvalue weighted by molar-refractivity contribution is 7.93. The molecule has 150 valence electrons. The maximum absolute atomic E-state index is 12.3. The van der Waals surface area contributed by atoms with E-state index >= 15 is 0 Å². The van der Waals surface area contributed by atoms with Crippen molar-refractivity contribution in [1.82, 2.24) is 4.98 Å². The lowest BCUT2D eigenvalue weighted by molar-refractivity contribution is -0.148. The Kier molecular flexibility index (Phi) is 5.71. The van der Waals surface area contributed by atoms with Crippen molar-refractivity contribution in [3.8, 4) is 0 Å². The van der Waals surface area contributed by atoms with Gasteiger partial charge in [-0.1, -0.05) is 0 Å². The zero-order valence-electron chi connectivity index (χ0n) is 15.5. The molecule has 2 heterocycles. The molecule has 1 amide bonds. The van der Waals surface area contributed by atoms with Gasteiger partial charge in [0.1, 0.15) is 5.60 Å². The van der Waals surface area contributed by atoms with Crippen LogP contribution in [0.1, 0.15) is 33.1 Å². The van der Waals surface area contributed by atoms with Crippen LogP contribution in [0.25, 0.3) is 0 Å². The molecule has 1 saturated heterocycles. The predicted molar refractivity (Wildman–Crippen MR) is 106 cm³/mol. The molecule has 3 rings (SSSR count). The standard InChI is InChI=1S/C18H21N3O5S2/c1-18(2)11-12(16(23)26-18)3-8-15(22)20-13-4-6-14(7-5-13)28(24,25)21-17-19-9-10-27-17/h4-7,9-10,12H,3,8,11H2,1-2H3,(H,19,21)(H,20,22)/t12-/m1/s1. The van der Waals surface area contributed by atoms with Crippen LogP contribution in [0.2, 0.25) is 0 Å². The van der Waals surface area contributed by atoms with Crippen molar-refractivity contribution >= 4 is 44.1 Å². The number of thiazole rings is 1. The second-order valence-corrected chi connectivity index (χ2v) is 9.71. The fourth-order valence-corrected chi connectivity index (χ4v) is 4.78. The van der Waals surface area contributed by atoms with Crippen LogP contribution in [0.5, 0.6) is 0 Å². The summed E-state index contributed by atoms with van der Waals surface area (Å²) in [5, 5.41) is 4.66. The Hall–Kier alpha value is -2.46. The Labute approximate surface area is 167 Å². The summed E-state index contributed by atoms with van der Waals surface area (Å²) in [4.78, 5) is 27.9. The normalized spacial score (nSPS) is 18.5. The lowest BCUT2D eigenvalue weighted by Crippen LogP contribution is -2.17. The summed E-state index contributed by atoms with van der Waals surface area (Å²) in [6, 6.07) is 5.84. The third kappa shape index (κ3) is 5.08. The van der Waals surface area contributed by atoms with E-state index in [0.29, 0.717) is 18.5 Å². The van der Waals surface area contributed by atoms with E-state index in [4.69, 9.17) is 4.74 Å². The quantitative estimate of drug-likeness (QED) is 0.662. The second kappa shape index (κ2) is 7.88. The maximum Gasteiger partial charge on any atom is 0.309 e. The zero-order valence-corrected chi connectivity index (χ0v) is 17.1. The third-order valence-corrected chi connectivity index (χ3v) is 6.44. The van der Waals surface area contributed by atoms with Gasteiger partial charge >= 0.3 is 5.97 Å². The Balaban J connectivity index is 1.54. The molecule has 28 heavy (non-hydrogen) atoms. The lowest BCUT2D eigenvalue weighted by Gasteiger charge is -2.14. The van der Waals surface area contributed by atoms with E-state index in [1.54, 1.807) is 5.38 Å². The van der Waals surface area contributed by atoms with E-state index in [2.05, 4.69) is 15.0 Å². The molecule has 0 saturated carbocycles. The number of amides is 1. The first-order valence-corrected chi connectivity index (χ1v) is 11.1. The van der Waals surface area contributed by atoms with E-state index in [1.165, 1.54) is 41.8 Å². The van der Waals surface area contributed by atoms with Crippen LogP contribution in [-0.2, 0) is 24.3 Å². The minimum absolute atomic E-state index is 0.0663. The van der Waals surface area contributed by atoms with E-state index in [-0.39, 0.29) is 34.2 Å². The first kappa shape index (κ1) is 20.3. The number of hydrogen-bond donors (Lipinski definition) is 2. The topological polar surface area (TPSA) is 114 Å². The van der Waals surface area contributed by atoms with Crippen molar-refractivity contribution in [2.45, 2.75) is 43.6 Å². The highest BCUT2D eigenvalue weighted by Gasteiger charge is 2.39. The SMILES string of the molecule is CC1(C)C[C@@H](CCC(=O)Nc2ccc(S(=O)(=O)Nc3nccs3)cc2)C(=O)O1. The Bertz CT molecular complexity index is 954. The summed E-state index contributed by atoms with van der Waals surface area (Å²) < 4.78 is 32.2. The molecular formula is C18H21N3O5S2. The second-order valence-electron chi connectivity index (χ2n) is 7.14. The molecule has 0 radical (unpaired) electrons. The molecule has 1 fully saturated rings. The van der Waals surface area contributed by atoms with Gasteiger partial charge in [-0.2, -0.15) is 0 Å². The Morgan fingerprint density at radius 3 is 2.61 bits per heavy atom. The van der Waals surface area contributed by atoms with Crippen LogP contribution < -0.4 is 10.0 Å². The summed E-state index contributed by atoms with van der Waals surface area (Å²) in [6.45, 7) is 3.70. The number of rotatable bonds is 7. The van der Waals surface area contributed by atoms with Crippen molar-refractivity contribution in [3.05, 3.63) is 35.8 Å². The van der Waals surface area contributed by atoms with E-state index in [9.17, 15) is 18.0 Å². The average Bonchev–Trinajstić information content (AvgIpc) is 3.19. The van der Waals surface area contributed by atoms with Gasteiger partial charge in [0, 0.05) is 23.7 Å². The van der Waals surface area contributed by atoms with E-state index in [1.807, 2.05) is 13.8 Å². The van der Waals surface area contributed by atoms with Gasteiger partial charge in [-0.15, -0.1) is 11.3 Å². The molecule has 1 aromatic carbocycles. The van der Waals surface area contributed by atoms with Crippen LogP contribution in [0.4, 0.5) is 10.8 Å². The van der Waals surface area contributed by atoms with Crippen molar-refractivity contribution < 1.29 is 22.7 Å². The summed E-state index contributed by atoms with van der Waals surface area (Å²) in [5.74, 6) is -0.778. The molecule has 1 aliphatic heterocycles. The van der Waals surface area contributed by atoms with Crippen LogP contribution >= 0.6 is 11.3 Å². The summed E-state index contributed by atoms with van der Waals surface area (Å²) >= 11 is 1.18. The summed E-state index contributed by atoms with van der Waals surface area (Å²) in [5.41, 5.74) is -0.000752. The number of carbonyl (C=O) groups is 2. The lowest BCUT2D eigenvalue weighted by atomic mass is 9.93. The zero-order chi connectivity index (χ0) is 20.4. The molecular weight excluding hydrogens is 402 g/mol.